The summed E-state index contributed by atoms with van der Waals surface area (Å²) in [6.07, 6.45) is 1.81. The van der Waals surface area contributed by atoms with Crippen molar-refractivity contribution in [2.45, 2.75) is 12.8 Å². The molecule has 242 valence electrons. The summed E-state index contributed by atoms with van der Waals surface area (Å²) >= 11 is 0. The molecule has 0 radical (unpaired) electrons. The van der Waals surface area contributed by atoms with Gasteiger partial charge in [0.2, 0.25) is 0 Å². The maximum absolute atomic E-state index is 9.47. The van der Waals surface area contributed by atoms with Gasteiger partial charge in [0.1, 0.15) is 0 Å². The van der Waals surface area contributed by atoms with E-state index >= 15 is 0 Å². The molecule has 0 saturated carbocycles. The molecule has 52 heavy (non-hydrogen) atoms. The standard InChI is InChI=1S/C49H31N3/c50-30-31-20-22-33(23-21-31)48-29-47(32-10-2-1-3-11-32)51-49(52-48)38-25-36(41-16-8-18-43-39-14-6-4-12-34(39)27-45(41)43)24-37(26-38)42-17-9-19-44-40-15-7-5-13-35(40)28-46(42)44/h1-26,29H,27-28H2. The number of nitrogens with zero attached hydrogens (tertiary/aromatic N) is 3. The van der Waals surface area contributed by atoms with Crippen LogP contribution in [0.1, 0.15) is 27.8 Å². The molecular weight excluding hydrogens is 631 g/mol. The van der Waals surface area contributed by atoms with Crippen LogP contribution in [0.2, 0.25) is 0 Å². The minimum Gasteiger partial charge on any atom is -0.228 e. The van der Waals surface area contributed by atoms with Crippen LogP contribution in [0.15, 0.2) is 164 Å². The van der Waals surface area contributed by atoms with Gasteiger partial charge in [-0.2, -0.15) is 5.26 Å². The van der Waals surface area contributed by atoms with E-state index in [4.69, 9.17) is 9.97 Å². The van der Waals surface area contributed by atoms with Crippen LogP contribution >= 0.6 is 0 Å². The van der Waals surface area contributed by atoms with Gasteiger partial charge >= 0.3 is 0 Å². The van der Waals surface area contributed by atoms with E-state index in [1.54, 1.807) is 0 Å². The van der Waals surface area contributed by atoms with Crippen molar-refractivity contribution in [3.63, 3.8) is 0 Å². The van der Waals surface area contributed by atoms with E-state index in [0.717, 1.165) is 52.0 Å². The van der Waals surface area contributed by atoms with E-state index in [-0.39, 0.29) is 0 Å². The lowest BCUT2D eigenvalue weighted by molar-refractivity contribution is 1.18. The van der Waals surface area contributed by atoms with E-state index in [9.17, 15) is 5.26 Å². The summed E-state index contributed by atoms with van der Waals surface area (Å²) in [4.78, 5) is 10.5. The van der Waals surface area contributed by atoms with Gasteiger partial charge in [-0.1, -0.05) is 127 Å². The summed E-state index contributed by atoms with van der Waals surface area (Å²) in [7, 11) is 0. The lowest BCUT2D eigenvalue weighted by Crippen LogP contribution is -1.98. The van der Waals surface area contributed by atoms with Gasteiger partial charge < -0.3 is 0 Å². The molecule has 2 aliphatic carbocycles. The van der Waals surface area contributed by atoms with E-state index in [1.807, 2.05) is 48.5 Å². The lowest BCUT2D eigenvalue weighted by atomic mass is 9.89. The number of hydrogen-bond acceptors (Lipinski definition) is 3. The molecule has 0 unspecified atom stereocenters. The Morgan fingerprint density at radius 3 is 1.40 bits per heavy atom. The molecule has 10 rings (SSSR count). The van der Waals surface area contributed by atoms with E-state index < -0.39 is 0 Å². The minimum atomic E-state index is 0.619. The van der Waals surface area contributed by atoms with Crippen molar-refractivity contribution < 1.29 is 0 Å². The highest BCUT2D eigenvalue weighted by Crippen LogP contribution is 2.46. The van der Waals surface area contributed by atoms with Gasteiger partial charge in [0, 0.05) is 16.7 Å². The SMILES string of the molecule is N#Cc1ccc(-c2cc(-c3ccccc3)nc(-c3cc(-c4cccc5c4Cc4ccccc4-5)cc(-c4cccc5c4Cc4ccccc4-5)c3)n2)cc1. The van der Waals surface area contributed by atoms with Gasteiger partial charge in [-0.05, 0) is 116 Å². The van der Waals surface area contributed by atoms with Crippen LogP contribution in [-0.4, -0.2) is 9.97 Å². The number of aromatic nitrogens is 2. The Morgan fingerprint density at radius 2 is 0.846 bits per heavy atom. The molecular formula is C49H31N3. The summed E-state index contributed by atoms with van der Waals surface area (Å²) in [6, 6.07) is 60.1. The first-order valence-electron chi connectivity index (χ1n) is 17.7. The molecule has 0 atom stereocenters. The largest absolute Gasteiger partial charge is 0.228 e. The average molecular weight is 662 g/mol. The van der Waals surface area contributed by atoms with Crippen LogP contribution < -0.4 is 0 Å². The molecule has 3 nitrogen and oxygen atoms in total. The van der Waals surface area contributed by atoms with E-state index in [1.165, 1.54) is 55.6 Å². The first-order valence-corrected chi connectivity index (χ1v) is 17.7. The maximum Gasteiger partial charge on any atom is 0.160 e. The van der Waals surface area contributed by atoms with Crippen molar-refractivity contribution >= 4 is 0 Å². The Labute approximate surface area is 303 Å². The number of fused-ring (bicyclic) bond motifs is 6. The monoisotopic (exact) mass is 661 g/mol. The molecule has 1 aromatic heterocycles. The molecule has 8 aromatic rings. The Bertz CT molecular complexity index is 2620. The summed E-state index contributed by atoms with van der Waals surface area (Å²) in [5, 5.41) is 9.47. The third-order valence-electron chi connectivity index (χ3n) is 10.6. The second-order valence-electron chi connectivity index (χ2n) is 13.6. The van der Waals surface area contributed by atoms with Crippen LogP contribution in [0.25, 0.3) is 78.4 Å². The predicted octanol–water partition coefficient (Wildman–Crippen LogP) is 11.8. The molecule has 0 spiro atoms. The van der Waals surface area contributed by atoms with Gasteiger partial charge in [0.15, 0.2) is 5.82 Å². The first-order chi connectivity index (χ1) is 25.7. The number of rotatable bonds is 5. The van der Waals surface area contributed by atoms with Crippen LogP contribution in [0, 0.1) is 11.3 Å². The fourth-order valence-corrected chi connectivity index (χ4v) is 8.12. The van der Waals surface area contributed by atoms with Gasteiger partial charge in [0.05, 0.1) is 23.0 Å². The van der Waals surface area contributed by atoms with Crippen molar-refractivity contribution in [1.29, 1.82) is 5.26 Å². The number of nitriles is 1. The third kappa shape index (κ3) is 5.04. The fraction of sp³-hybridized carbons (Fsp3) is 0.0408. The van der Waals surface area contributed by atoms with Crippen molar-refractivity contribution in [3.8, 4) is 84.5 Å². The van der Waals surface area contributed by atoms with Crippen molar-refractivity contribution in [2.75, 3.05) is 0 Å². The van der Waals surface area contributed by atoms with E-state index in [0.29, 0.717) is 11.4 Å². The summed E-state index contributed by atoms with van der Waals surface area (Å²) < 4.78 is 0. The molecule has 3 heteroatoms. The normalized spacial score (nSPS) is 12.1. The maximum atomic E-state index is 9.47. The van der Waals surface area contributed by atoms with Gasteiger partial charge in [-0.25, -0.2) is 9.97 Å². The summed E-state index contributed by atoms with van der Waals surface area (Å²) in [5.74, 6) is 0.663. The molecule has 0 bridgehead atoms. The second kappa shape index (κ2) is 12.2. The Hall–Kier alpha value is -6.89. The lowest BCUT2D eigenvalue weighted by Gasteiger charge is -2.16. The Morgan fingerprint density at radius 1 is 0.385 bits per heavy atom. The van der Waals surface area contributed by atoms with Crippen molar-refractivity contribution in [2.24, 2.45) is 0 Å². The molecule has 0 N–H and O–H groups in total. The fourth-order valence-electron chi connectivity index (χ4n) is 8.12. The molecule has 2 aliphatic rings. The molecule has 0 amide bonds. The predicted molar refractivity (Wildman–Crippen MR) is 210 cm³/mol. The molecule has 0 saturated heterocycles. The quantitative estimate of drug-likeness (QED) is 0.184. The first kappa shape index (κ1) is 30.0. The van der Waals surface area contributed by atoms with Crippen molar-refractivity contribution in [1.82, 2.24) is 9.97 Å². The number of benzene rings is 7. The number of hydrogen-bond donors (Lipinski definition) is 0. The van der Waals surface area contributed by atoms with Gasteiger partial charge in [0.25, 0.3) is 0 Å². The zero-order valence-corrected chi connectivity index (χ0v) is 28.3. The Balaban J connectivity index is 1.21. The van der Waals surface area contributed by atoms with Crippen LogP contribution in [0.4, 0.5) is 0 Å². The highest BCUT2D eigenvalue weighted by molar-refractivity contribution is 5.91. The Kier molecular flexibility index (Phi) is 7.01. The van der Waals surface area contributed by atoms with Gasteiger partial charge in [-0.3, -0.25) is 0 Å². The highest BCUT2D eigenvalue weighted by Gasteiger charge is 2.25. The smallest absolute Gasteiger partial charge is 0.160 e. The van der Waals surface area contributed by atoms with Crippen LogP contribution in [-0.2, 0) is 12.8 Å². The molecule has 0 fully saturated rings. The van der Waals surface area contributed by atoms with Gasteiger partial charge in [-0.15, -0.1) is 0 Å². The van der Waals surface area contributed by atoms with E-state index in [2.05, 4.69) is 121 Å². The summed E-state index contributed by atoms with van der Waals surface area (Å²) in [5.41, 5.74) is 20.7. The second-order valence-corrected chi connectivity index (χ2v) is 13.6. The van der Waals surface area contributed by atoms with Crippen LogP contribution in [0.5, 0.6) is 0 Å². The molecule has 0 aliphatic heterocycles. The van der Waals surface area contributed by atoms with Crippen LogP contribution in [0.3, 0.4) is 0 Å². The molecule has 1 heterocycles. The highest BCUT2D eigenvalue weighted by atomic mass is 14.9. The zero-order chi connectivity index (χ0) is 34.6. The zero-order valence-electron chi connectivity index (χ0n) is 28.3. The average Bonchev–Trinajstić information content (AvgIpc) is 3.80. The minimum absolute atomic E-state index is 0.619. The molecule has 7 aromatic carbocycles. The third-order valence-corrected chi connectivity index (χ3v) is 10.6. The summed E-state index contributed by atoms with van der Waals surface area (Å²) in [6.45, 7) is 0. The van der Waals surface area contributed by atoms with Crippen molar-refractivity contribution in [3.05, 3.63) is 192 Å². The topological polar surface area (TPSA) is 49.6 Å².